The Bertz CT molecular complexity index is 743. The fourth-order valence-electron chi connectivity index (χ4n) is 2.30. The molecule has 0 fully saturated rings. The van der Waals surface area contributed by atoms with Crippen molar-refractivity contribution >= 4 is 11.6 Å². The van der Waals surface area contributed by atoms with E-state index in [1.807, 2.05) is 48.5 Å². The van der Waals surface area contributed by atoms with Gasteiger partial charge in [0.25, 0.3) is 0 Å². The summed E-state index contributed by atoms with van der Waals surface area (Å²) >= 11 is 5.97. The minimum Gasteiger partial charge on any atom is -0.421 e. The van der Waals surface area contributed by atoms with Gasteiger partial charge in [0.05, 0.1) is 0 Å². The Morgan fingerprint density at radius 1 is 0.913 bits per heavy atom. The van der Waals surface area contributed by atoms with Gasteiger partial charge in [-0.25, -0.2) is 0 Å². The monoisotopic (exact) mass is 327 g/mol. The molecule has 0 radical (unpaired) electrons. The van der Waals surface area contributed by atoms with Crippen LogP contribution in [0.4, 0.5) is 0 Å². The molecular formula is C18H18ClN3O. The molecule has 118 valence electrons. The van der Waals surface area contributed by atoms with E-state index in [1.165, 1.54) is 5.56 Å². The van der Waals surface area contributed by atoms with Gasteiger partial charge in [0.1, 0.15) is 0 Å². The summed E-state index contributed by atoms with van der Waals surface area (Å²) in [5, 5.41) is 12.3. The highest BCUT2D eigenvalue weighted by Gasteiger charge is 2.07. The van der Waals surface area contributed by atoms with Gasteiger partial charge in [0.15, 0.2) is 0 Å². The zero-order chi connectivity index (χ0) is 15.9. The van der Waals surface area contributed by atoms with E-state index in [0.717, 1.165) is 36.5 Å². The van der Waals surface area contributed by atoms with E-state index < -0.39 is 0 Å². The van der Waals surface area contributed by atoms with Crippen molar-refractivity contribution in [2.45, 2.75) is 12.8 Å². The van der Waals surface area contributed by atoms with Crippen molar-refractivity contribution in [3.05, 3.63) is 71.1 Å². The van der Waals surface area contributed by atoms with Crippen molar-refractivity contribution in [2.24, 2.45) is 0 Å². The molecule has 0 aliphatic carbocycles. The highest BCUT2D eigenvalue weighted by Crippen LogP contribution is 2.16. The maximum absolute atomic E-state index is 5.97. The van der Waals surface area contributed by atoms with Gasteiger partial charge >= 0.3 is 0 Å². The number of nitrogens with zero attached hydrogens (tertiary/aromatic N) is 2. The Morgan fingerprint density at radius 3 is 2.57 bits per heavy atom. The Morgan fingerprint density at radius 2 is 1.74 bits per heavy atom. The zero-order valence-electron chi connectivity index (χ0n) is 12.7. The molecule has 3 aromatic rings. The first-order chi connectivity index (χ1) is 11.3. The molecule has 1 N–H and O–H groups in total. The standard InChI is InChI=1S/C18H18ClN3O/c19-16-8-4-5-14(13-16)9-11-20-12-10-17-21-22-18(23-17)15-6-2-1-3-7-15/h1-8,13,20H,9-12H2. The molecule has 1 aromatic heterocycles. The van der Waals surface area contributed by atoms with Crippen molar-refractivity contribution in [1.29, 1.82) is 0 Å². The number of aromatic nitrogens is 2. The van der Waals surface area contributed by atoms with Crippen molar-refractivity contribution in [2.75, 3.05) is 13.1 Å². The minimum atomic E-state index is 0.569. The quantitative estimate of drug-likeness (QED) is 0.671. The Kier molecular flexibility index (Phi) is 5.40. The van der Waals surface area contributed by atoms with Crippen LogP contribution in [0.15, 0.2) is 59.0 Å². The molecule has 0 bridgehead atoms. The third-order valence-electron chi connectivity index (χ3n) is 3.48. The molecule has 3 rings (SSSR count). The van der Waals surface area contributed by atoms with Crippen LogP contribution in [0.1, 0.15) is 11.5 Å². The average Bonchev–Trinajstić information content (AvgIpc) is 3.04. The molecule has 5 heteroatoms. The average molecular weight is 328 g/mol. The lowest BCUT2D eigenvalue weighted by molar-refractivity contribution is 0.495. The van der Waals surface area contributed by atoms with E-state index in [1.54, 1.807) is 0 Å². The lowest BCUT2D eigenvalue weighted by Gasteiger charge is -2.03. The second-order valence-corrected chi connectivity index (χ2v) is 5.68. The second kappa shape index (κ2) is 7.90. The van der Waals surface area contributed by atoms with Crippen LogP contribution in [0, 0.1) is 0 Å². The molecule has 0 saturated carbocycles. The van der Waals surface area contributed by atoms with Crippen molar-refractivity contribution < 1.29 is 4.42 Å². The molecule has 0 amide bonds. The lowest BCUT2D eigenvalue weighted by Crippen LogP contribution is -2.20. The van der Waals surface area contributed by atoms with Gasteiger partial charge in [0, 0.05) is 23.6 Å². The van der Waals surface area contributed by atoms with Crippen LogP contribution in [0.5, 0.6) is 0 Å². The fourth-order valence-corrected chi connectivity index (χ4v) is 2.51. The maximum atomic E-state index is 5.97. The number of hydrogen-bond donors (Lipinski definition) is 1. The highest BCUT2D eigenvalue weighted by atomic mass is 35.5. The number of benzene rings is 2. The van der Waals surface area contributed by atoms with Gasteiger partial charge in [-0.2, -0.15) is 0 Å². The Balaban J connectivity index is 1.42. The molecule has 23 heavy (non-hydrogen) atoms. The van der Waals surface area contributed by atoms with E-state index >= 15 is 0 Å². The summed E-state index contributed by atoms with van der Waals surface area (Å²) in [4.78, 5) is 0. The van der Waals surface area contributed by atoms with Crippen LogP contribution < -0.4 is 5.32 Å². The van der Waals surface area contributed by atoms with Crippen LogP contribution in [-0.2, 0) is 12.8 Å². The van der Waals surface area contributed by atoms with E-state index in [9.17, 15) is 0 Å². The number of halogens is 1. The third-order valence-corrected chi connectivity index (χ3v) is 3.72. The third kappa shape index (κ3) is 4.65. The van der Waals surface area contributed by atoms with Gasteiger partial charge in [-0.3, -0.25) is 0 Å². The topological polar surface area (TPSA) is 51.0 Å². The van der Waals surface area contributed by atoms with Gasteiger partial charge < -0.3 is 9.73 Å². The molecule has 0 unspecified atom stereocenters. The fraction of sp³-hybridized carbons (Fsp3) is 0.222. The highest BCUT2D eigenvalue weighted by molar-refractivity contribution is 6.30. The maximum Gasteiger partial charge on any atom is 0.247 e. The largest absolute Gasteiger partial charge is 0.421 e. The summed E-state index contributed by atoms with van der Waals surface area (Å²) < 4.78 is 5.67. The summed E-state index contributed by atoms with van der Waals surface area (Å²) in [5.74, 6) is 1.22. The van der Waals surface area contributed by atoms with Gasteiger partial charge in [-0.05, 0) is 42.8 Å². The van der Waals surface area contributed by atoms with Gasteiger partial charge in [-0.15, -0.1) is 10.2 Å². The molecular weight excluding hydrogens is 310 g/mol. The Hall–Kier alpha value is -2.17. The Labute approximate surface area is 140 Å². The first kappa shape index (κ1) is 15.7. The van der Waals surface area contributed by atoms with E-state index in [-0.39, 0.29) is 0 Å². The summed E-state index contributed by atoms with van der Waals surface area (Å²) in [6.07, 6.45) is 1.66. The van der Waals surface area contributed by atoms with Crippen LogP contribution in [0.2, 0.25) is 5.02 Å². The number of nitrogens with one attached hydrogen (secondary N) is 1. The van der Waals surface area contributed by atoms with E-state index in [2.05, 4.69) is 21.6 Å². The van der Waals surface area contributed by atoms with Crippen molar-refractivity contribution in [3.63, 3.8) is 0 Å². The van der Waals surface area contributed by atoms with Crippen LogP contribution in [0.3, 0.4) is 0 Å². The first-order valence-corrected chi connectivity index (χ1v) is 8.02. The molecule has 4 nitrogen and oxygen atoms in total. The van der Waals surface area contributed by atoms with E-state index in [0.29, 0.717) is 11.8 Å². The summed E-state index contributed by atoms with van der Waals surface area (Å²) in [6, 6.07) is 17.7. The van der Waals surface area contributed by atoms with Gasteiger partial charge in [0.2, 0.25) is 11.8 Å². The summed E-state index contributed by atoms with van der Waals surface area (Å²) in [6.45, 7) is 1.69. The normalized spacial score (nSPS) is 10.8. The molecule has 0 aliphatic heterocycles. The van der Waals surface area contributed by atoms with Crippen molar-refractivity contribution in [3.8, 4) is 11.5 Å². The second-order valence-electron chi connectivity index (χ2n) is 5.25. The zero-order valence-corrected chi connectivity index (χ0v) is 13.5. The molecule has 2 aromatic carbocycles. The smallest absolute Gasteiger partial charge is 0.247 e. The molecule has 0 atom stereocenters. The summed E-state index contributed by atoms with van der Waals surface area (Å²) in [5.41, 5.74) is 2.18. The predicted molar refractivity (Wildman–Crippen MR) is 91.5 cm³/mol. The number of hydrogen-bond acceptors (Lipinski definition) is 4. The number of rotatable bonds is 7. The van der Waals surface area contributed by atoms with Crippen LogP contribution in [0.25, 0.3) is 11.5 Å². The molecule has 1 heterocycles. The van der Waals surface area contributed by atoms with Crippen LogP contribution in [-0.4, -0.2) is 23.3 Å². The van der Waals surface area contributed by atoms with Crippen molar-refractivity contribution in [1.82, 2.24) is 15.5 Å². The van der Waals surface area contributed by atoms with E-state index in [4.69, 9.17) is 16.0 Å². The SMILES string of the molecule is Clc1cccc(CCNCCc2nnc(-c3ccccc3)o2)c1. The molecule has 0 aliphatic rings. The predicted octanol–water partition coefficient (Wildman–Crippen LogP) is 3.76. The molecule has 0 saturated heterocycles. The minimum absolute atomic E-state index is 0.569. The summed E-state index contributed by atoms with van der Waals surface area (Å²) in [7, 11) is 0. The first-order valence-electron chi connectivity index (χ1n) is 7.64. The van der Waals surface area contributed by atoms with Crippen LogP contribution >= 0.6 is 11.6 Å². The molecule has 0 spiro atoms. The lowest BCUT2D eigenvalue weighted by atomic mass is 10.1. The van der Waals surface area contributed by atoms with Gasteiger partial charge in [-0.1, -0.05) is 41.9 Å².